The second-order valence-electron chi connectivity index (χ2n) is 6.14. The molecule has 0 bridgehead atoms. The van der Waals surface area contributed by atoms with Crippen molar-refractivity contribution in [3.05, 3.63) is 59.8 Å². The molecule has 1 atom stereocenters. The molecule has 7 heteroatoms. The van der Waals surface area contributed by atoms with Crippen molar-refractivity contribution in [3.63, 3.8) is 0 Å². The molecule has 4 nitrogen and oxygen atoms in total. The lowest BCUT2D eigenvalue weighted by atomic mass is 10.1. The van der Waals surface area contributed by atoms with E-state index in [1.165, 1.54) is 30.0 Å². The Kier molecular flexibility index (Phi) is 6.08. The second-order valence-corrected chi connectivity index (χ2v) is 7.47. The van der Waals surface area contributed by atoms with Gasteiger partial charge in [-0.05, 0) is 31.2 Å². The number of piperazine rings is 1. The van der Waals surface area contributed by atoms with Crippen molar-refractivity contribution >= 4 is 23.5 Å². The number of thioether (sulfide) groups is 1. The first-order valence-electron chi connectivity index (χ1n) is 8.55. The average molecular weight is 377 g/mol. The maximum Gasteiger partial charge on any atom is 0.232 e. The summed E-state index contributed by atoms with van der Waals surface area (Å²) in [5.41, 5.74) is 0.0327. The molecule has 26 heavy (non-hydrogen) atoms. The fraction of sp³-hybridized carbons (Fsp3) is 0.368. The molecular weight excluding hydrogens is 356 g/mol. The third-order valence-corrected chi connectivity index (χ3v) is 5.62. The van der Waals surface area contributed by atoms with Crippen LogP contribution in [-0.2, 0) is 4.79 Å². The Bertz CT molecular complexity index is 731. The number of rotatable bonds is 5. The SMILES string of the molecule is CC(SCC(=O)N1CCN(c2ccccn2)CC1)c1c(F)cccc1F. The minimum Gasteiger partial charge on any atom is -0.353 e. The van der Waals surface area contributed by atoms with Gasteiger partial charge in [-0.15, -0.1) is 11.8 Å². The summed E-state index contributed by atoms with van der Waals surface area (Å²) in [5, 5.41) is -0.421. The monoisotopic (exact) mass is 377 g/mol. The normalized spacial score (nSPS) is 15.8. The second kappa shape index (κ2) is 8.49. The van der Waals surface area contributed by atoms with Crippen molar-refractivity contribution in [3.8, 4) is 0 Å². The summed E-state index contributed by atoms with van der Waals surface area (Å²) >= 11 is 1.26. The average Bonchev–Trinajstić information content (AvgIpc) is 2.67. The third kappa shape index (κ3) is 4.33. The molecule has 1 saturated heterocycles. The summed E-state index contributed by atoms with van der Waals surface area (Å²) in [5.74, 6) is -0.0156. The zero-order valence-corrected chi connectivity index (χ0v) is 15.4. The number of carbonyl (C=O) groups is 1. The lowest BCUT2D eigenvalue weighted by Gasteiger charge is -2.35. The zero-order chi connectivity index (χ0) is 18.5. The van der Waals surface area contributed by atoms with E-state index in [0.717, 1.165) is 18.9 Å². The molecule has 0 saturated carbocycles. The van der Waals surface area contributed by atoms with E-state index in [4.69, 9.17) is 0 Å². The quantitative estimate of drug-likeness (QED) is 0.799. The number of hydrogen-bond acceptors (Lipinski definition) is 4. The van der Waals surface area contributed by atoms with Crippen molar-refractivity contribution in [2.24, 2.45) is 0 Å². The molecule has 1 fully saturated rings. The number of nitrogens with zero attached hydrogens (tertiary/aromatic N) is 3. The molecule has 2 heterocycles. The van der Waals surface area contributed by atoms with Gasteiger partial charge < -0.3 is 9.80 Å². The number of hydrogen-bond donors (Lipinski definition) is 0. The highest BCUT2D eigenvalue weighted by atomic mass is 32.2. The van der Waals surface area contributed by atoms with E-state index in [9.17, 15) is 13.6 Å². The minimum absolute atomic E-state index is 0.000677. The minimum atomic E-state index is -0.568. The van der Waals surface area contributed by atoms with Gasteiger partial charge in [0, 0.05) is 43.2 Å². The molecule has 0 spiro atoms. The molecule has 1 unspecified atom stereocenters. The maximum absolute atomic E-state index is 13.8. The highest BCUT2D eigenvalue weighted by Crippen LogP contribution is 2.32. The maximum atomic E-state index is 13.8. The van der Waals surface area contributed by atoms with Gasteiger partial charge in [0.2, 0.25) is 5.91 Å². The van der Waals surface area contributed by atoms with Crippen LogP contribution in [0.3, 0.4) is 0 Å². The van der Waals surface area contributed by atoms with Crippen LogP contribution in [0.4, 0.5) is 14.6 Å². The van der Waals surface area contributed by atoms with Gasteiger partial charge in [0.25, 0.3) is 0 Å². The number of aromatic nitrogens is 1. The zero-order valence-electron chi connectivity index (χ0n) is 14.6. The predicted octanol–water partition coefficient (Wildman–Crippen LogP) is 3.50. The molecule has 1 aromatic heterocycles. The van der Waals surface area contributed by atoms with E-state index in [0.29, 0.717) is 13.1 Å². The summed E-state index contributed by atoms with van der Waals surface area (Å²) in [6.07, 6.45) is 1.76. The van der Waals surface area contributed by atoms with E-state index in [1.54, 1.807) is 18.0 Å². The predicted molar refractivity (Wildman–Crippen MR) is 100 cm³/mol. The first-order chi connectivity index (χ1) is 12.6. The Morgan fingerprint density at radius 3 is 2.42 bits per heavy atom. The Hall–Kier alpha value is -2.15. The van der Waals surface area contributed by atoms with E-state index in [-0.39, 0.29) is 17.2 Å². The van der Waals surface area contributed by atoms with Crippen LogP contribution in [0.2, 0.25) is 0 Å². The third-order valence-electron chi connectivity index (χ3n) is 4.47. The molecule has 1 aromatic carbocycles. The molecule has 1 amide bonds. The number of benzene rings is 1. The highest BCUT2D eigenvalue weighted by Gasteiger charge is 2.23. The van der Waals surface area contributed by atoms with E-state index >= 15 is 0 Å². The molecule has 0 aliphatic carbocycles. The lowest BCUT2D eigenvalue weighted by Crippen LogP contribution is -2.49. The van der Waals surface area contributed by atoms with Gasteiger partial charge in [-0.25, -0.2) is 13.8 Å². The standard InChI is InChI=1S/C19H21F2N3OS/c1-14(19-15(20)5-4-6-16(19)21)26-13-18(25)24-11-9-23(10-12-24)17-7-2-3-8-22-17/h2-8,14H,9-13H2,1H3. The smallest absolute Gasteiger partial charge is 0.232 e. The fourth-order valence-electron chi connectivity index (χ4n) is 3.00. The van der Waals surface area contributed by atoms with Crippen molar-refractivity contribution in [1.82, 2.24) is 9.88 Å². The van der Waals surface area contributed by atoms with Gasteiger partial charge in [0.1, 0.15) is 17.5 Å². The van der Waals surface area contributed by atoms with Crippen molar-refractivity contribution in [2.75, 3.05) is 36.8 Å². The largest absolute Gasteiger partial charge is 0.353 e. The van der Waals surface area contributed by atoms with Crippen molar-refractivity contribution in [2.45, 2.75) is 12.2 Å². The van der Waals surface area contributed by atoms with Gasteiger partial charge in [-0.3, -0.25) is 4.79 Å². The number of pyridine rings is 1. The van der Waals surface area contributed by atoms with E-state index in [1.807, 2.05) is 18.2 Å². The first-order valence-corrected chi connectivity index (χ1v) is 9.60. The van der Waals surface area contributed by atoms with Gasteiger partial charge >= 0.3 is 0 Å². The van der Waals surface area contributed by atoms with E-state index < -0.39 is 16.9 Å². The van der Waals surface area contributed by atoms with Gasteiger partial charge in [-0.2, -0.15) is 0 Å². The van der Waals surface area contributed by atoms with Gasteiger partial charge in [0.05, 0.1) is 5.75 Å². The molecule has 1 aliphatic rings. The van der Waals surface area contributed by atoms with Crippen LogP contribution in [0.1, 0.15) is 17.7 Å². The number of anilines is 1. The van der Waals surface area contributed by atoms with Crippen molar-refractivity contribution in [1.29, 1.82) is 0 Å². The van der Waals surface area contributed by atoms with Crippen LogP contribution in [0.15, 0.2) is 42.6 Å². The molecule has 2 aromatic rings. The van der Waals surface area contributed by atoms with E-state index in [2.05, 4.69) is 9.88 Å². The number of halogens is 2. The highest BCUT2D eigenvalue weighted by molar-refractivity contribution is 8.00. The molecule has 1 aliphatic heterocycles. The van der Waals surface area contributed by atoms with Crippen LogP contribution in [0, 0.1) is 11.6 Å². The van der Waals surface area contributed by atoms with Crippen LogP contribution in [0.5, 0.6) is 0 Å². The summed E-state index contributed by atoms with van der Waals surface area (Å²) in [7, 11) is 0. The number of carbonyl (C=O) groups excluding carboxylic acids is 1. The summed E-state index contributed by atoms with van der Waals surface area (Å²) < 4.78 is 27.6. The molecule has 0 radical (unpaired) electrons. The topological polar surface area (TPSA) is 36.4 Å². The van der Waals surface area contributed by atoms with Crippen LogP contribution >= 0.6 is 11.8 Å². The Morgan fingerprint density at radius 2 is 1.81 bits per heavy atom. The van der Waals surface area contributed by atoms with Crippen LogP contribution < -0.4 is 4.90 Å². The Labute approximate surface area is 156 Å². The molecule has 3 rings (SSSR count). The summed E-state index contributed by atoms with van der Waals surface area (Å²) in [6, 6.07) is 9.61. The fourth-order valence-corrected chi connectivity index (χ4v) is 3.96. The summed E-state index contributed by atoms with van der Waals surface area (Å²) in [6.45, 7) is 4.42. The Balaban J connectivity index is 1.50. The van der Waals surface area contributed by atoms with Gasteiger partial charge in [0.15, 0.2) is 0 Å². The lowest BCUT2D eigenvalue weighted by molar-refractivity contribution is -0.128. The van der Waals surface area contributed by atoms with Crippen molar-refractivity contribution < 1.29 is 13.6 Å². The molecule has 0 N–H and O–H groups in total. The molecular formula is C19H21F2N3OS. The van der Waals surface area contributed by atoms with Crippen LogP contribution in [0.25, 0.3) is 0 Å². The number of amides is 1. The Morgan fingerprint density at radius 1 is 1.12 bits per heavy atom. The van der Waals surface area contributed by atoms with Crippen LogP contribution in [-0.4, -0.2) is 47.7 Å². The first kappa shape index (κ1) is 18.6. The van der Waals surface area contributed by atoms with Gasteiger partial charge in [-0.1, -0.05) is 12.1 Å². The molecule has 138 valence electrons. The summed E-state index contributed by atoms with van der Waals surface area (Å²) in [4.78, 5) is 20.7.